The average Bonchev–Trinajstić information content (AvgIpc) is 3.38. The van der Waals surface area contributed by atoms with Crippen molar-refractivity contribution in [3.05, 3.63) is 75.3 Å². The van der Waals surface area contributed by atoms with Gasteiger partial charge in [-0.2, -0.15) is 0 Å². The van der Waals surface area contributed by atoms with Crippen LogP contribution in [0.3, 0.4) is 0 Å². The summed E-state index contributed by atoms with van der Waals surface area (Å²) < 4.78 is 19.7. The van der Waals surface area contributed by atoms with Crippen LogP contribution in [-0.4, -0.2) is 46.7 Å². The number of anilines is 1. The number of nitrogens with zero attached hydrogens (tertiary/aromatic N) is 5. The van der Waals surface area contributed by atoms with Crippen LogP contribution in [0.15, 0.2) is 41.8 Å². The van der Waals surface area contributed by atoms with Crippen LogP contribution in [-0.2, 0) is 4.74 Å². The van der Waals surface area contributed by atoms with E-state index in [0.717, 1.165) is 29.5 Å². The van der Waals surface area contributed by atoms with Crippen LogP contribution in [0.5, 0.6) is 0 Å². The van der Waals surface area contributed by atoms with Gasteiger partial charge in [0.15, 0.2) is 0 Å². The molecule has 3 heterocycles. The number of ether oxygens (including phenoxy) is 1. The molecule has 2 aromatic heterocycles. The minimum atomic E-state index is -0.695. The highest BCUT2D eigenvalue weighted by Gasteiger charge is 2.20. The van der Waals surface area contributed by atoms with Crippen molar-refractivity contribution in [2.45, 2.75) is 51.6 Å². The van der Waals surface area contributed by atoms with E-state index >= 15 is 0 Å². The maximum absolute atomic E-state index is 14.3. The van der Waals surface area contributed by atoms with Crippen LogP contribution in [0.2, 0.25) is 0 Å². The number of hydrogen-bond donors (Lipinski definition) is 3. The molecule has 1 amide bonds. The van der Waals surface area contributed by atoms with E-state index in [2.05, 4.69) is 35.6 Å². The van der Waals surface area contributed by atoms with Crippen molar-refractivity contribution >= 4 is 11.9 Å². The fourth-order valence-electron chi connectivity index (χ4n) is 4.25. The molecule has 0 bridgehead atoms. The number of hydrogen-bond acceptors (Lipinski definition) is 6. The fourth-order valence-corrected chi connectivity index (χ4v) is 4.25. The molecule has 0 unspecified atom stereocenters. The van der Waals surface area contributed by atoms with Gasteiger partial charge in [-0.15, -0.1) is 0 Å². The number of aromatic nitrogens is 3. The molecule has 11 heteroatoms. The molecule has 4 rings (SSSR count). The van der Waals surface area contributed by atoms with E-state index in [9.17, 15) is 9.18 Å². The zero-order valence-corrected chi connectivity index (χ0v) is 21.2. The summed E-state index contributed by atoms with van der Waals surface area (Å²) in [4.78, 5) is 28.0. The molecule has 0 saturated carbocycles. The van der Waals surface area contributed by atoms with Crippen molar-refractivity contribution in [3.8, 4) is 11.3 Å². The third kappa shape index (κ3) is 6.63. The number of rotatable bonds is 9. The molecule has 3 N–H and O–H groups in total. The fraction of sp³-hybridized carbons (Fsp3) is 0.423. The molecule has 1 aliphatic heterocycles. The van der Waals surface area contributed by atoms with Crippen molar-refractivity contribution in [2.24, 2.45) is 5.11 Å². The largest absolute Gasteiger partial charge is 0.381 e. The Kier molecular flexibility index (Phi) is 8.37. The van der Waals surface area contributed by atoms with Crippen LogP contribution in [0.1, 0.15) is 65.8 Å². The number of aryl methyl sites for hydroxylation is 1. The molecule has 1 atom stereocenters. The second-order valence-electron chi connectivity index (χ2n) is 9.47. The predicted molar refractivity (Wildman–Crippen MR) is 139 cm³/mol. The summed E-state index contributed by atoms with van der Waals surface area (Å²) in [7, 11) is 0. The first kappa shape index (κ1) is 26.1. The first-order valence-electron chi connectivity index (χ1n) is 12.3. The van der Waals surface area contributed by atoms with Crippen molar-refractivity contribution in [2.75, 3.05) is 25.1 Å². The first-order chi connectivity index (χ1) is 17.8. The number of nitrogens with one attached hydrogen (secondary N) is 3. The van der Waals surface area contributed by atoms with Gasteiger partial charge in [-0.3, -0.25) is 4.79 Å². The van der Waals surface area contributed by atoms with Crippen LogP contribution in [0.25, 0.3) is 21.7 Å². The lowest BCUT2D eigenvalue weighted by Crippen LogP contribution is -2.30. The highest BCUT2D eigenvalue weighted by atomic mass is 19.1. The van der Waals surface area contributed by atoms with Crippen LogP contribution in [0.4, 0.5) is 10.3 Å². The Morgan fingerprint density at radius 3 is 2.76 bits per heavy atom. The second kappa shape index (κ2) is 11.9. The molecule has 1 saturated heterocycles. The van der Waals surface area contributed by atoms with Gasteiger partial charge < -0.3 is 20.4 Å². The third-order valence-electron chi connectivity index (χ3n) is 6.37. The van der Waals surface area contributed by atoms with E-state index in [1.807, 2.05) is 26.8 Å². The van der Waals surface area contributed by atoms with Gasteiger partial charge in [-0.05, 0) is 66.1 Å². The van der Waals surface area contributed by atoms with Gasteiger partial charge in [0.2, 0.25) is 5.95 Å². The summed E-state index contributed by atoms with van der Waals surface area (Å²) in [5.74, 6) is -0.195. The smallest absolute Gasteiger partial charge is 0.268 e. The number of azide groups is 1. The van der Waals surface area contributed by atoms with Crippen molar-refractivity contribution in [1.82, 2.24) is 20.3 Å². The Hall–Kier alpha value is -3.95. The summed E-state index contributed by atoms with van der Waals surface area (Å²) in [6.07, 6.45) is 5.25. The lowest BCUT2D eigenvalue weighted by atomic mass is 9.97. The van der Waals surface area contributed by atoms with Crippen LogP contribution >= 0.6 is 0 Å². The summed E-state index contributed by atoms with van der Waals surface area (Å²) in [6, 6.07) is 5.90. The highest BCUT2D eigenvalue weighted by molar-refractivity contribution is 5.94. The van der Waals surface area contributed by atoms with Gasteiger partial charge in [-0.1, -0.05) is 25.0 Å². The molecule has 1 aliphatic rings. The van der Waals surface area contributed by atoms with Crippen LogP contribution < -0.4 is 10.6 Å². The third-order valence-corrected chi connectivity index (χ3v) is 6.37. The van der Waals surface area contributed by atoms with E-state index in [-0.39, 0.29) is 18.5 Å². The molecule has 0 aliphatic carbocycles. The Bertz CT molecular complexity index is 1300. The van der Waals surface area contributed by atoms with Gasteiger partial charge in [-0.25, -0.2) is 14.4 Å². The number of halogens is 1. The molecule has 37 heavy (non-hydrogen) atoms. The molecule has 10 nitrogen and oxygen atoms in total. The molecule has 1 fully saturated rings. The average molecular weight is 507 g/mol. The maximum atomic E-state index is 14.3. The van der Waals surface area contributed by atoms with Crippen molar-refractivity contribution in [3.63, 3.8) is 0 Å². The number of amides is 1. The summed E-state index contributed by atoms with van der Waals surface area (Å²) in [5, 5.41) is 9.85. The number of H-pyrrole nitrogens is 1. The molecule has 0 spiro atoms. The summed E-state index contributed by atoms with van der Waals surface area (Å²) in [5.41, 5.74) is 12.8. The van der Waals surface area contributed by atoms with Gasteiger partial charge in [0.1, 0.15) is 11.5 Å². The Labute approximate surface area is 214 Å². The lowest BCUT2D eigenvalue weighted by molar-refractivity contribution is 0.0903. The van der Waals surface area contributed by atoms with Crippen molar-refractivity contribution < 1.29 is 13.9 Å². The second-order valence-corrected chi connectivity index (χ2v) is 9.47. The minimum Gasteiger partial charge on any atom is -0.381 e. The van der Waals surface area contributed by atoms with Gasteiger partial charge in [0, 0.05) is 42.1 Å². The van der Waals surface area contributed by atoms with Crippen LogP contribution in [0, 0.1) is 12.7 Å². The summed E-state index contributed by atoms with van der Waals surface area (Å²) in [6.45, 7) is 7.19. The quantitative estimate of drug-likeness (QED) is 0.202. The van der Waals surface area contributed by atoms with Gasteiger partial charge >= 0.3 is 0 Å². The predicted octanol–water partition coefficient (Wildman–Crippen LogP) is 5.41. The van der Waals surface area contributed by atoms with E-state index in [0.29, 0.717) is 36.1 Å². The molecule has 0 radical (unpaired) electrons. The van der Waals surface area contributed by atoms with E-state index < -0.39 is 17.8 Å². The number of carbonyl (C=O) groups excluding carboxylic acids is 1. The Morgan fingerprint density at radius 1 is 1.27 bits per heavy atom. The standard InChI is InChI=1S/C26H31FN8O2/c1-15(2)17-8-18(10-20(27)9-17)23(14-31-35-28)33-25(36)22-11-19(13-29-22)24-16(3)12-30-26(34-24)32-21-4-6-37-7-5-21/h8-13,15,21,23,29H,4-7,14H2,1-3H3,(H,33,36)(H,30,32,34)/t23-/m1/s1. The maximum Gasteiger partial charge on any atom is 0.268 e. The topological polar surface area (TPSA) is 141 Å². The highest BCUT2D eigenvalue weighted by Crippen LogP contribution is 2.25. The molecule has 194 valence electrons. The minimum absolute atomic E-state index is 0.0525. The number of aromatic amines is 1. The van der Waals surface area contributed by atoms with Gasteiger partial charge in [0.25, 0.3) is 5.91 Å². The van der Waals surface area contributed by atoms with Crippen molar-refractivity contribution in [1.29, 1.82) is 0 Å². The SMILES string of the molecule is Cc1cnc(NC2CCOCC2)nc1-c1c[nH]c(C(=O)N[C@H](CN=[N+]=[N-])c2cc(F)cc(C(C)C)c2)c1. The van der Waals surface area contributed by atoms with Gasteiger partial charge in [0.05, 0.1) is 18.3 Å². The molecular formula is C26H31FN8O2. The zero-order chi connectivity index (χ0) is 26.4. The van der Waals surface area contributed by atoms with E-state index in [1.165, 1.54) is 12.1 Å². The summed E-state index contributed by atoms with van der Waals surface area (Å²) >= 11 is 0. The van der Waals surface area contributed by atoms with E-state index in [4.69, 9.17) is 10.3 Å². The first-order valence-corrected chi connectivity index (χ1v) is 12.3. The Balaban J connectivity index is 1.53. The Morgan fingerprint density at radius 2 is 2.03 bits per heavy atom. The molecule has 1 aromatic carbocycles. The van der Waals surface area contributed by atoms with E-state index in [1.54, 1.807) is 18.5 Å². The molecule has 3 aromatic rings. The molecular weight excluding hydrogens is 475 g/mol. The monoisotopic (exact) mass is 506 g/mol. The zero-order valence-electron chi connectivity index (χ0n) is 21.2. The number of benzene rings is 1. The lowest BCUT2D eigenvalue weighted by Gasteiger charge is -2.23. The number of carbonyl (C=O) groups is 1. The normalized spacial score (nSPS) is 14.7.